The molecule has 0 aliphatic carbocycles. The maximum atomic E-state index is 3.70. The number of hydrogen-bond acceptors (Lipinski definition) is 3. The van der Waals surface area contributed by atoms with Crippen LogP contribution in [0.2, 0.25) is 0 Å². The van der Waals surface area contributed by atoms with Gasteiger partial charge >= 0.3 is 0 Å². The van der Waals surface area contributed by atoms with Gasteiger partial charge < -0.3 is 10.2 Å². The van der Waals surface area contributed by atoms with Crippen LogP contribution in [0.25, 0.3) is 0 Å². The zero-order chi connectivity index (χ0) is 12.9. The summed E-state index contributed by atoms with van der Waals surface area (Å²) < 4.78 is 0. The summed E-state index contributed by atoms with van der Waals surface area (Å²) in [5.74, 6) is 0. The molecular formula is C14H26N2S. The summed E-state index contributed by atoms with van der Waals surface area (Å²) in [5, 5.41) is 5.86. The Kier molecular flexibility index (Phi) is 5.63. The largest absolute Gasteiger partial charge is 0.309 e. The second-order valence-corrected chi connectivity index (χ2v) is 6.74. The smallest absolute Gasteiger partial charge is 0.0412 e. The van der Waals surface area contributed by atoms with Crippen molar-refractivity contribution in [2.24, 2.45) is 5.41 Å². The molecule has 0 aliphatic rings. The van der Waals surface area contributed by atoms with E-state index < -0.39 is 0 Å². The van der Waals surface area contributed by atoms with Crippen molar-refractivity contribution in [3.63, 3.8) is 0 Å². The van der Waals surface area contributed by atoms with Gasteiger partial charge in [0.05, 0.1) is 0 Å². The molecule has 0 bridgehead atoms. The first kappa shape index (κ1) is 14.7. The van der Waals surface area contributed by atoms with Crippen molar-refractivity contribution in [3.8, 4) is 0 Å². The van der Waals surface area contributed by atoms with E-state index in [1.807, 2.05) is 11.3 Å². The second-order valence-electron chi connectivity index (χ2n) is 5.76. The van der Waals surface area contributed by atoms with Crippen LogP contribution < -0.4 is 5.32 Å². The van der Waals surface area contributed by atoms with Crippen molar-refractivity contribution in [1.82, 2.24) is 10.2 Å². The van der Waals surface area contributed by atoms with Gasteiger partial charge in [-0.1, -0.05) is 26.8 Å². The van der Waals surface area contributed by atoms with Crippen LogP contribution in [-0.2, 0) is 0 Å². The maximum Gasteiger partial charge on any atom is 0.0412 e. The SMILES string of the molecule is CCC(NCC(C)(C)CN(C)C)c1cccs1. The van der Waals surface area contributed by atoms with Gasteiger partial charge in [-0.05, 0) is 37.4 Å². The van der Waals surface area contributed by atoms with Crippen molar-refractivity contribution in [3.05, 3.63) is 22.4 Å². The fraction of sp³-hybridized carbons (Fsp3) is 0.714. The highest BCUT2D eigenvalue weighted by Crippen LogP contribution is 2.23. The van der Waals surface area contributed by atoms with Gasteiger partial charge in [-0.15, -0.1) is 11.3 Å². The van der Waals surface area contributed by atoms with Gasteiger partial charge in [0.1, 0.15) is 0 Å². The number of thiophene rings is 1. The van der Waals surface area contributed by atoms with E-state index in [4.69, 9.17) is 0 Å². The lowest BCUT2D eigenvalue weighted by Gasteiger charge is -2.30. The van der Waals surface area contributed by atoms with Crippen LogP contribution in [-0.4, -0.2) is 32.1 Å². The summed E-state index contributed by atoms with van der Waals surface area (Å²) in [6.07, 6.45) is 1.15. The normalized spacial score (nSPS) is 14.2. The van der Waals surface area contributed by atoms with Gasteiger partial charge in [0, 0.05) is 24.0 Å². The molecule has 1 heterocycles. The van der Waals surface area contributed by atoms with Crippen molar-refractivity contribution in [2.45, 2.75) is 33.2 Å². The topological polar surface area (TPSA) is 15.3 Å². The van der Waals surface area contributed by atoms with Gasteiger partial charge in [0.15, 0.2) is 0 Å². The fourth-order valence-corrected chi connectivity index (χ4v) is 3.13. The standard InChI is InChI=1S/C14H26N2S/c1-6-12(13-8-7-9-17-13)15-10-14(2,3)11-16(4)5/h7-9,12,15H,6,10-11H2,1-5H3. The molecule has 1 N–H and O–H groups in total. The molecule has 1 aromatic rings. The molecule has 0 aromatic carbocycles. The van der Waals surface area contributed by atoms with E-state index in [-0.39, 0.29) is 0 Å². The van der Waals surface area contributed by atoms with Crippen LogP contribution in [0.5, 0.6) is 0 Å². The van der Waals surface area contributed by atoms with Crippen LogP contribution in [0.3, 0.4) is 0 Å². The van der Waals surface area contributed by atoms with E-state index in [2.05, 4.69) is 62.6 Å². The van der Waals surface area contributed by atoms with E-state index in [9.17, 15) is 0 Å². The van der Waals surface area contributed by atoms with E-state index >= 15 is 0 Å². The van der Waals surface area contributed by atoms with Crippen molar-refractivity contribution >= 4 is 11.3 Å². The molecule has 0 fully saturated rings. The first-order chi connectivity index (χ1) is 7.94. The molecule has 0 radical (unpaired) electrons. The Bertz CT molecular complexity index is 304. The summed E-state index contributed by atoms with van der Waals surface area (Å²) in [6, 6.07) is 4.87. The molecule has 0 aliphatic heterocycles. The zero-order valence-corrected chi connectivity index (χ0v) is 12.6. The molecule has 2 nitrogen and oxygen atoms in total. The third-order valence-corrected chi connectivity index (χ3v) is 3.85. The average Bonchev–Trinajstić information content (AvgIpc) is 2.69. The van der Waals surface area contributed by atoms with Crippen molar-refractivity contribution in [2.75, 3.05) is 27.2 Å². The Morgan fingerprint density at radius 3 is 2.59 bits per heavy atom. The molecule has 98 valence electrons. The highest BCUT2D eigenvalue weighted by atomic mass is 32.1. The Morgan fingerprint density at radius 2 is 2.12 bits per heavy atom. The number of rotatable bonds is 7. The van der Waals surface area contributed by atoms with Gasteiger partial charge in [0.25, 0.3) is 0 Å². The second kappa shape index (κ2) is 6.53. The van der Waals surface area contributed by atoms with E-state index in [0.717, 1.165) is 19.5 Å². The fourth-order valence-electron chi connectivity index (χ4n) is 2.25. The van der Waals surface area contributed by atoms with Crippen LogP contribution in [0, 0.1) is 5.41 Å². The summed E-state index contributed by atoms with van der Waals surface area (Å²) >= 11 is 1.85. The lowest BCUT2D eigenvalue weighted by Crippen LogP contribution is -2.38. The number of nitrogens with zero attached hydrogens (tertiary/aromatic N) is 1. The number of hydrogen-bond donors (Lipinski definition) is 1. The summed E-state index contributed by atoms with van der Waals surface area (Å²) in [6.45, 7) is 9.06. The Labute approximate surface area is 110 Å². The minimum absolute atomic E-state index is 0.314. The molecule has 1 aromatic heterocycles. The van der Waals surface area contributed by atoms with E-state index in [0.29, 0.717) is 11.5 Å². The van der Waals surface area contributed by atoms with Crippen LogP contribution in [0.1, 0.15) is 38.1 Å². The molecule has 0 spiro atoms. The Morgan fingerprint density at radius 1 is 1.41 bits per heavy atom. The van der Waals surface area contributed by atoms with Gasteiger partial charge in [-0.25, -0.2) is 0 Å². The summed E-state index contributed by atoms with van der Waals surface area (Å²) in [4.78, 5) is 3.71. The van der Waals surface area contributed by atoms with Crippen molar-refractivity contribution in [1.29, 1.82) is 0 Å². The maximum absolute atomic E-state index is 3.70. The van der Waals surface area contributed by atoms with Gasteiger partial charge in [-0.3, -0.25) is 0 Å². The van der Waals surface area contributed by atoms with Crippen LogP contribution >= 0.6 is 11.3 Å². The monoisotopic (exact) mass is 254 g/mol. The molecule has 17 heavy (non-hydrogen) atoms. The summed E-state index contributed by atoms with van der Waals surface area (Å²) in [7, 11) is 4.27. The Hall–Kier alpha value is -0.380. The van der Waals surface area contributed by atoms with Crippen LogP contribution in [0.4, 0.5) is 0 Å². The molecule has 0 amide bonds. The third-order valence-electron chi connectivity index (χ3n) is 2.87. The zero-order valence-electron chi connectivity index (χ0n) is 11.8. The summed E-state index contributed by atoms with van der Waals surface area (Å²) in [5.41, 5.74) is 0.314. The molecule has 3 heteroatoms. The average molecular weight is 254 g/mol. The molecule has 0 saturated carbocycles. The minimum Gasteiger partial charge on any atom is -0.309 e. The molecule has 1 unspecified atom stereocenters. The van der Waals surface area contributed by atoms with Gasteiger partial charge in [-0.2, -0.15) is 0 Å². The molecule has 1 rings (SSSR count). The lowest BCUT2D eigenvalue weighted by atomic mass is 9.92. The lowest BCUT2D eigenvalue weighted by molar-refractivity contribution is 0.225. The predicted molar refractivity (Wildman–Crippen MR) is 77.7 cm³/mol. The molecule has 0 saturated heterocycles. The Balaban J connectivity index is 2.48. The highest BCUT2D eigenvalue weighted by Gasteiger charge is 2.20. The van der Waals surface area contributed by atoms with E-state index in [1.54, 1.807) is 0 Å². The van der Waals surface area contributed by atoms with Crippen LogP contribution in [0.15, 0.2) is 17.5 Å². The first-order valence-electron chi connectivity index (χ1n) is 6.36. The number of nitrogens with one attached hydrogen (secondary N) is 1. The molecule has 1 atom stereocenters. The highest BCUT2D eigenvalue weighted by molar-refractivity contribution is 7.10. The van der Waals surface area contributed by atoms with E-state index in [1.165, 1.54) is 4.88 Å². The van der Waals surface area contributed by atoms with Crippen molar-refractivity contribution < 1.29 is 0 Å². The molecular weight excluding hydrogens is 228 g/mol. The first-order valence-corrected chi connectivity index (χ1v) is 7.24. The van der Waals surface area contributed by atoms with Gasteiger partial charge in [0.2, 0.25) is 0 Å². The quantitative estimate of drug-likeness (QED) is 0.802. The predicted octanol–water partition coefficient (Wildman–Crippen LogP) is 3.38. The minimum atomic E-state index is 0.314. The third kappa shape index (κ3) is 5.19.